The Balaban J connectivity index is 1.99. The largest absolute Gasteiger partial charge is 0.497 e. The maximum Gasteiger partial charge on any atom is 0.242 e. The Bertz CT molecular complexity index is 833. The molecule has 0 aromatic heterocycles. The Hall–Kier alpha value is -2.34. The van der Waals surface area contributed by atoms with Crippen molar-refractivity contribution in [2.24, 2.45) is 5.10 Å². The van der Waals surface area contributed by atoms with E-state index in [9.17, 15) is 4.79 Å². The lowest BCUT2D eigenvalue weighted by molar-refractivity contribution is -0.132. The van der Waals surface area contributed by atoms with Gasteiger partial charge < -0.3 is 9.47 Å². The number of methoxy groups -OCH3 is 2. The summed E-state index contributed by atoms with van der Waals surface area (Å²) in [6, 6.07) is 13.4. The quantitative estimate of drug-likeness (QED) is 0.717. The van der Waals surface area contributed by atoms with Crippen LogP contribution >= 0.6 is 15.9 Å². The van der Waals surface area contributed by atoms with Crippen molar-refractivity contribution in [2.45, 2.75) is 25.8 Å². The third kappa shape index (κ3) is 3.60. The Morgan fingerprint density at radius 1 is 1.19 bits per heavy atom. The molecule has 1 aliphatic rings. The van der Waals surface area contributed by atoms with Crippen LogP contribution in [0.2, 0.25) is 0 Å². The molecule has 0 radical (unpaired) electrons. The fourth-order valence-corrected chi connectivity index (χ4v) is 3.32. The van der Waals surface area contributed by atoms with Gasteiger partial charge in [-0.3, -0.25) is 4.79 Å². The van der Waals surface area contributed by atoms with Crippen LogP contribution < -0.4 is 9.47 Å². The van der Waals surface area contributed by atoms with Gasteiger partial charge in [-0.1, -0.05) is 35.0 Å². The van der Waals surface area contributed by atoms with Crippen LogP contribution in [-0.2, 0) is 4.79 Å². The number of benzene rings is 2. The minimum Gasteiger partial charge on any atom is -0.497 e. The highest BCUT2D eigenvalue weighted by Crippen LogP contribution is 2.39. The van der Waals surface area contributed by atoms with E-state index in [4.69, 9.17) is 9.47 Å². The van der Waals surface area contributed by atoms with E-state index in [1.807, 2.05) is 49.4 Å². The molecule has 1 heterocycles. The molecule has 5 nitrogen and oxygen atoms in total. The first-order valence-electron chi connectivity index (χ1n) is 8.44. The second-order valence-electron chi connectivity index (χ2n) is 5.97. The Morgan fingerprint density at radius 3 is 2.54 bits per heavy atom. The lowest BCUT2D eigenvalue weighted by Gasteiger charge is -2.23. The van der Waals surface area contributed by atoms with Crippen molar-refractivity contribution >= 4 is 27.5 Å². The summed E-state index contributed by atoms with van der Waals surface area (Å²) in [5, 5.41) is 6.22. The van der Waals surface area contributed by atoms with Crippen LogP contribution in [0.3, 0.4) is 0 Å². The topological polar surface area (TPSA) is 51.1 Å². The summed E-state index contributed by atoms with van der Waals surface area (Å²) >= 11 is 3.45. The van der Waals surface area contributed by atoms with Gasteiger partial charge in [-0.05, 0) is 29.8 Å². The molecule has 1 atom stereocenters. The fourth-order valence-electron chi connectivity index (χ4n) is 3.06. The molecule has 2 aromatic rings. The molecule has 0 aliphatic carbocycles. The summed E-state index contributed by atoms with van der Waals surface area (Å²) in [5.74, 6) is 1.39. The summed E-state index contributed by atoms with van der Waals surface area (Å²) in [7, 11) is 3.24. The second-order valence-corrected chi connectivity index (χ2v) is 6.89. The van der Waals surface area contributed by atoms with Crippen molar-refractivity contribution in [3.63, 3.8) is 0 Å². The third-order valence-electron chi connectivity index (χ3n) is 4.45. The zero-order chi connectivity index (χ0) is 18.7. The van der Waals surface area contributed by atoms with E-state index in [1.165, 1.54) is 0 Å². The number of amides is 1. The van der Waals surface area contributed by atoms with Crippen molar-refractivity contribution in [2.75, 3.05) is 14.2 Å². The van der Waals surface area contributed by atoms with Crippen LogP contribution in [0.25, 0.3) is 0 Å². The number of halogens is 1. The number of rotatable bonds is 5. The monoisotopic (exact) mass is 416 g/mol. The highest BCUT2D eigenvalue weighted by Gasteiger charge is 2.34. The van der Waals surface area contributed by atoms with Gasteiger partial charge in [-0.2, -0.15) is 5.10 Å². The average Bonchev–Trinajstić information content (AvgIpc) is 3.12. The minimum absolute atomic E-state index is 0.0139. The predicted molar refractivity (Wildman–Crippen MR) is 105 cm³/mol. The zero-order valence-corrected chi connectivity index (χ0v) is 16.6. The van der Waals surface area contributed by atoms with E-state index in [2.05, 4.69) is 21.0 Å². The summed E-state index contributed by atoms with van der Waals surface area (Å²) in [4.78, 5) is 12.5. The number of ether oxygens (including phenoxy) is 2. The molecule has 1 aliphatic heterocycles. The first kappa shape index (κ1) is 18.5. The van der Waals surface area contributed by atoms with Gasteiger partial charge in [0, 0.05) is 28.9 Å². The standard InChI is InChI=1S/C20H21BrN2O3/c1-4-20(24)23-18(16-10-9-15(25-2)11-19(16)26-3)12-17(22-23)13-5-7-14(21)8-6-13/h5-11,18H,4,12H2,1-3H3/t18-/m0/s1. The minimum atomic E-state index is -0.193. The van der Waals surface area contributed by atoms with E-state index in [1.54, 1.807) is 19.2 Å². The molecule has 0 fully saturated rings. The van der Waals surface area contributed by atoms with Gasteiger partial charge >= 0.3 is 0 Å². The Kier molecular flexibility index (Phi) is 5.61. The Labute approximate surface area is 161 Å². The van der Waals surface area contributed by atoms with E-state index < -0.39 is 0 Å². The lowest BCUT2D eigenvalue weighted by Crippen LogP contribution is -2.26. The van der Waals surface area contributed by atoms with Crippen LogP contribution in [0.5, 0.6) is 11.5 Å². The zero-order valence-electron chi connectivity index (χ0n) is 15.0. The highest BCUT2D eigenvalue weighted by atomic mass is 79.9. The van der Waals surface area contributed by atoms with Crippen LogP contribution in [-0.4, -0.2) is 30.8 Å². The molecule has 0 spiro atoms. The SMILES string of the molecule is CCC(=O)N1N=C(c2ccc(Br)cc2)C[C@H]1c1ccc(OC)cc1OC. The average molecular weight is 417 g/mol. The van der Waals surface area contributed by atoms with Crippen molar-refractivity contribution < 1.29 is 14.3 Å². The van der Waals surface area contributed by atoms with E-state index in [-0.39, 0.29) is 11.9 Å². The molecule has 26 heavy (non-hydrogen) atoms. The summed E-state index contributed by atoms with van der Waals surface area (Å²) in [6.07, 6.45) is 1.03. The molecule has 0 N–H and O–H groups in total. The second kappa shape index (κ2) is 7.91. The van der Waals surface area contributed by atoms with Crippen LogP contribution in [0.4, 0.5) is 0 Å². The lowest BCUT2D eigenvalue weighted by atomic mass is 9.97. The number of hydrogen-bond acceptors (Lipinski definition) is 4. The fraction of sp³-hybridized carbons (Fsp3) is 0.300. The van der Waals surface area contributed by atoms with E-state index in [0.717, 1.165) is 21.3 Å². The number of carbonyl (C=O) groups is 1. The normalized spacial score (nSPS) is 16.4. The third-order valence-corrected chi connectivity index (χ3v) is 4.97. The number of hydrogen-bond donors (Lipinski definition) is 0. The van der Waals surface area contributed by atoms with Gasteiger partial charge in [0.1, 0.15) is 11.5 Å². The molecule has 0 unspecified atom stereocenters. The molecular weight excluding hydrogens is 396 g/mol. The molecule has 0 saturated carbocycles. The Morgan fingerprint density at radius 2 is 1.92 bits per heavy atom. The maximum atomic E-state index is 12.5. The molecule has 6 heteroatoms. The first-order chi connectivity index (χ1) is 12.6. The molecule has 0 bridgehead atoms. The number of carbonyl (C=O) groups excluding carboxylic acids is 1. The van der Waals surface area contributed by atoms with Gasteiger partial charge in [0.15, 0.2) is 0 Å². The number of hydrazone groups is 1. The van der Waals surface area contributed by atoms with Crippen LogP contribution in [0.15, 0.2) is 52.0 Å². The summed E-state index contributed by atoms with van der Waals surface area (Å²) < 4.78 is 11.8. The van der Waals surface area contributed by atoms with Crippen LogP contribution in [0, 0.1) is 0 Å². The molecule has 0 saturated heterocycles. The van der Waals surface area contributed by atoms with Crippen molar-refractivity contribution in [1.29, 1.82) is 0 Å². The van der Waals surface area contributed by atoms with Gasteiger partial charge in [-0.15, -0.1) is 0 Å². The molecule has 2 aromatic carbocycles. The summed E-state index contributed by atoms with van der Waals surface area (Å²) in [5.41, 5.74) is 2.82. The first-order valence-corrected chi connectivity index (χ1v) is 9.24. The molecule has 136 valence electrons. The maximum absolute atomic E-state index is 12.5. The van der Waals surface area contributed by atoms with Crippen molar-refractivity contribution in [3.8, 4) is 11.5 Å². The van der Waals surface area contributed by atoms with Gasteiger partial charge in [-0.25, -0.2) is 5.01 Å². The van der Waals surface area contributed by atoms with Crippen molar-refractivity contribution in [1.82, 2.24) is 5.01 Å². The predicted octanol–water partition coefficient (Wildman–Crippen LogP) is 4.55. The highest BCUT2D eigenvalue weighted by molar-refractivity contribution is 9.10. The van der Waals surface area contributed by atoms with Crippen molar-refractivity contribution in [3.05, 3.63) is 58.1 Å². The van der Waals surface area contributed by atoms with E-state index >= 15 is 0 Å². The van der Waals surface area contributed by atoms with Gasteiger partial charge in [0.25, 0.3) is 0 Å². The van der Waals surface area contributed by atoms with Gasteiger partial charge in [0.2, 0.25) is 5.91 Å². The van der Waals surface area contributed by atoms with E-state index in [0.29, 0.717) is 24.3 Å². The smallest absolute Gasteiger partial charge is 0.242 e. The summed E-state index contributed by atoms with van der Waals surface area (Å²) in [6.45, 7) is 1.85. The van der Waals surface area contributed by atoms with Crippen LogP contribution in [0.1, 0.15) is 36.9 Å². The number of nitrogens with zero attached hydrogens (tertiary/aromatic N) is 2. The molecule has 3 rings (SSSR count). The van der Waals surface area contributed by atoms with Gasteiger partial charge in [0.05, 0.1) is 26.0 Å². The molecule has 1 amide bonds. The molecular formula is C20H21BrN2O3.